The maximum absolute atomic E-state index is 8.88. The Bertz CT molecular complexity index is 869. The molecule has 1 aromatic carbocycles. The third-order valence-electron chi connectivity index (χ3n) is 4.11. The fourth-order valence-electron chi connectivity index (χ4n) is 2.75. The SMILES string of the molecule is C.CCN(CC)CCCC(C)Nc1ccnc2cc(Cl)ccc12.O=P(O)(O)O.O=P(O)(O)O. The van der Waals surface area contributed by atoms with Crippen LogP contribution in [0.3, 0.4) is 0 Å². The third-order valence-corrected chi connectivity index (χ3v) is 4.35. The molecule has 33 heavy (non-hydrogen) atoms. The maximum Gasteiger partial charge on any atom is 0.466 e. The van der Waals surface area contributed by atoms with Gasteiger partial charge in [0.1, 0.15) is 0 Å². The number of phosphoric acid groups is 2. The minimum atomic E-state index is -4.64. The van der Waals surface area contributed by atoms with E-state index in [1.54, 1.807) is 0 Å². The number of rotatable bonds is 8. The molecule has 11 nitrogen and oxygen atoms in total. The van der Waals surface area contributed by atoms with E-state index in [1.807, 2.05) is 30.5 Å². The molecule has 0 spiro atoms. The Morgan fingerprint density at radius 1 is 1.03 bits per heavy atom. The molecule has 192 valence electrons. The topological polar surface area (TPSA) is 184 Å². The normalized spacial score (nSPS) is 12.1. The molecule has 0 saturated carbocycles. The van der Waals surface area contributed by atoms with Crippen molar-refractivity contribution in [2.45, 2.75) is 47.1 Å². The van der Waals surface area contributed by atoms with E-state index in [9.17, 15) is 0 Å². The monoisotopic (exact) mass is 531 g/mol. The van der Waals surface area contributed by atoms with Gasteiger partial charge < -0.3 is 39.6 Å². The number of nitrogens with zero attached hydrogens (tertiary/aromatic N) is 2. The molecule has 0 amide bonds. The molecule has 7 N–H and O–H groups in total. The quantitative estimate of drug-likeness (QED) is 0.247. The van der Waals surface area contributed by atoms with E-state index in [0.717, 1.165) is 41.1 Å². The third kappa shape index (κ3) is 20.0. The lowest BCUT2D eigenvalue weighted by molar-refractivity contribution is 0.272. The van der Waals surface area contributed by atoms with E-state index in [1.165, 1.54) is 13.0 Å². The van der Waals surface area contributed by atoms with E-state index in [2.05, 4.69) is 36.0 Å². The number of hydrogen-bond donors (Lipinski definition) is 7. The van der Waals surface area contributed by atoms with E-state index < -0.39 is 15.6 Å². The molecule has 1 unspecified atom stereocenters. The lowest BCUT2D eigenvalue weighted by Gasteiger charge is -2.20. The fourth-order valence-corrected chi connectivity index (χ4v) is 2.91. The predicted octanol–water partition coefficient (Wildman–Crippen LogP) is 3.59. The maximum atomic E-state index is 8.88. The Kier molecular flexibility index (Phi) is 17.0. The van der Waals surface area contributed by atoms with Crippen molar-refractivity contribution in [2.24, 2.45) is 0 Å². The molecule has 0 aliphatic carbocycles. The van der Waals surface area contributed by atoms with Gasteiger partial charge in [-0.2, -0.15) is 0 Å². The lowest BCUT2D eigenvalue weighted by Crippen LogP contribution is -2.25. The van der Waals surface area contributed by atoms with Crippen LogP contribution in [0.25, 0.3) is 10.9 Å². The summed E-state index contributed by atoms with van der Waals surface area (Å²) >= 11 is 6.04. The number of hydrogen-bond acceptors (Lipinski definition) is 5. The van der Waals surface area contributed by atoms with Crippen LogP contribution in [0.5, 0.6) is 0 Å². The van der Waals surface area contributed by atoms with Crippen LogP contribution in [0.2, 0.25) is 5.02 Å². The van der Waals surface area contributed by atoms with E-state index in [0.29, 0.717) is 6.04 Å². The number of fused-ring (bicyclic) bond motifs is 1. The van der Waals surface area contributed by atoms with Crippen LogP contribution in [0.15, 0.2) is 30.5 Å². The minimum absolute atomic E-state index is 0. The van der Waals surface area contributed by atoms with Crippen molar-refractivity contribution in [3.05, 3.63) is 35.5 Å². The predicted molar refractivity (Wildman–Crippen MR) is 132 cm³/mol. The fraction of sp³-hybridized carbons (Fsp3) is 0.526. The van der Waals surface area contributed by atoms with Gasteiger partial charge in [0, 0.05) is 28.3 Å². The first-order valence-electron chi connectivity index (χ1n) is 9.73. The van der Waals surface area contributed by atoms with Gasteiger partial charge in [-0.15, -0.1) is 0 Å². The van der Waals surface area contributed by atoms with Crippen molar-refractivity contribution in [1.82, 2.24) is 9.88 Å². The lowest BCUT2D eigenvalue weighted by atomic mass is 10.1. The van der Waals surface area contributed by atoms with Crippen molar-refractivity contribution >= 4 is 43.8 Å². The van der Waals surface area contributed by atoms with Crippen LogP contribution in [0, 0.1) is 0 Å². The summed E-state index contributed by atoms with van der Waals surface area (Å²) in [4.78, 5) is 50.0. The number of anilines is 1. The number of pyridine rings is 1. The first kappa shape index (κ1) is 34.1. The van der Waals surface area contributed by atoms with Crippen LogP contribution >= 0.6 is 27.2 Å². The van der Waals surface area contributed by atoms with E-state index >= 15 is 0 Å². The number of benzene rings is 1. The van der Waals surface area contributed by atoms with Gasteiger partial charge in [0.25, 0.3) is 0 Å². The van der Waals surface area contributed by atoms with Crippen LogP contribution in [-0.4, -0.2) is 64.9 Å². The molecule has 0 bridgehead atoms. The Morgan fingerprint density at radius 3 is 2.03 bits per heavy atom. The molecule has 2 aromatic rings. The van der Waals surface area contributed by atoms with Gasteiger partial charge in [0.15, 0.2) is 0 Å². The Balaban J connectivity index is 0. The molecule has 0 aliphatic heterocycles. The first-order valence-corrected chi connectivity index (χ1v) is 13.2. The van der Waals surface area contributed by atoms with E-state index in [-0.39, 0.29) is 7.43 Å². The number of nitrogens with one attached hydrogen (secondary N) is 1. The van der Waals surface area contributed by atoms with Crippen LogP contribution in [0.4, 0.5) is 5.69 Å². The molecule has 1 atom stereocenters. The summed E-state index contributed by atoms with van der Waals surface area (Å²) in [5.41, 5.74) is 2.07. The van der Waals surface area contributed by atoms with Gasteiger partial charge in [-0.25, -0.2) is 9.13 Å². The van der Waals surface area contributed by atoms with Crippen molar-refractivity contribution in [3.63, 3.8) is 0 Å². The highest BCUT2D eigenvalue weighted by atomic mass is 35.5. The molecule has 2 rings (SSSR count). The highest BCUT2D eigenvalue weighted by Gasteiger charge is 2.07. The van der Waals surface area contributed by atoms with Crippen LogP contribution < -0.4 is 5.32 Å². The second kappa shape index (κ2) is 16.5. The molecule has 14 heteroatoms. The van der Waals surface area contributed by atoms with E-state index in [4.69, 9.17) is 50.1 Å². The average molecular weight is 532 g/mol. The Morgan fingerprint density at radius 2 is 1.55 bits per heavy atom. The first-order chi connectivity index (χ1) is 14.6. The number of aromatic nitrogens is 1. The highest BCUT2D eigenvalue weighted by molar-refractivity contribution is 7.45. The van der Waals surface area contributed by atoms with Gasteiger partial charge >= 0.3 is 15.6 Å². The Labute approximate surface area is 199 Å². The summed E-state index contributed by atoms with van der Waals surface area (Å²) < 4.78 is 17.8. The molecule has 1 heterocycles. The Hall–Kier alpha value is -1.10. The smallest absolute Gasteiger partial charge is 0.382 e. The van der Waals surface area contributed by atoms with Crippen molar-refractivity contribution in [3.8, 4) is 0 Å². The van der Waals surface area contributed by atoms with Gasteiger partial charge in [-0.1, -0.05) is 32.9 Å². The molecule has 0 saturated heterocycles. The molecule has 0 radical (unpaired) electrons. The molecule has 1 aromatic heterocycles. The summed E-state index contributed by atoms with van der Waals surface area (Å²) in [6.45, 7) is 10.1. The van der Waals surface area contributed by atoms with Gasteiger partial charge in [0.05, 0.1) is 5.52 Å². The zero-order valence-electron chi connectivity index (χ0n) is 18.2. The summed E-state index contributed by atoms with van der Waals surface area (Å²) in [7, 11) is -9.28. The second-order valence-corrected chi connectivity index (χ2v) is 9.25. The van der Waals surface area contributed by atoms with Crippen molar-refractivity contribution in [1.29, 1.82) is 0 Å². The van der Waals surface area contributed by atoms with Crippen molar-refractivity contribution < 1.29 is 38.5 Å². The summed E-state index contributed by atoms with van der Waals surface area (Å²) in [6.07, 6.45) is 4.21. The number of halogens is 1. The van der Waals surface area contributed by atoms with Crippen molar-refractivity contribution in [2.75, 3.05) is 25.0 Å². The standard InChI is InChI=1S/C18H26ClN3.CH4.2H3O4P/c1-4-22(5-2)12-6-7-14(3)21-17-10-11-20-18-13-15(19)8-9-16(17)18;;2*1-5(2,3)4/h8-11,13-14H,4-7,12H2,1-3H3,(H,20,21);1H4;2*(H3,1,2,3,4). The summed E-state index contributed by atoms with van der Waals surface area (Å²) in [5, 5.41) is 5.47. The van der Waals surface area contributed by atoms with Crippen LogP contribution in [-0.2, 0) is 9.13 Å². The average Bonchev–Trinajstić information content (AvgIpc) is 2.62. The van der Waals surface area contributed by atoms with Gasteiger partial charge in [-0.05, 0) is 63.7 Å². The summed E-state index contributed by atoms with van der Waals surface area (Å²) in [6, 6.07) is 8.35. The largest absolute Gasteiger partial charge is 0.466 e. The second-order valence-electron chi connectivity index (χ2n) is 6.76. The van der Waals surface area contributed by atoms with Gasteiger partial charge in [0.2, 0.25) is 0 Å². The van der Waals surface area contributed by atoms with Crippen LogP contribution in [0.1, 0.15) is 41.0 Å². The zero-order chi connectivity index (χ0) is 24.9. The molecular weight excluding hydrogens is 496 g/mol. The van der Waals surface area contributed by atoms with Gasteiger partial charge in [-0.3, -0.25) is 4.98 Å². The highest BCUT2D eigenvalue weighted by Crippen LogP contribution is 2.26. The molecule has 0 aliphatic rings. The zero-order valence-corrected chi connectivity index (χ0v) is 20.7. The summed E-state index contributed by atoms with van der Waals surface area (Å²) in [5.74, 6) is 0. The molecular formula is C19H36ClN3O8P2. The minimum Gasteiger partial charge on any atom is -0.382 e. The molecule has 0 fully saturated rings.